The Bertz CT molecular complexity index is 645. The quantitative estimate of drug-likeness (QED) is 0.669. The summed E-state index contributed by atoms with van der Waals surface area (Å²) in [6.45, 7) is 5.17. The lowest BCUT2D eigenvalue weighted by Crippen LogP contribution is -2.33. The van der Waals surface area contributed by atoms with Crippen molar-refractivity contribution in [1.29, 1.82) is 0 Å². The molecular formula is C15H21NO3. The molecule has 4 nitrogen and oxygen atoms in total. The van der Waals surface area contributed by atoms with Crippen LogP contribution >= 0.6 is 0 Å². The van der Waals surface area contributed by atoms with E-state index in [9.17, 15) is 4.79 Å². The molecule has 1 heterocycles. The number of esters is 1. The van der Waals surface area contributed by atoms with Crippen LogP contribution < -0.4 is 5.73 Å². The van der Waals surface area contributed by atoms with Gasteiger partial charge in [0.25, 0.3) is 0 Å². The Hall–Kier alpha value is -1.39. The minimum absolute atomic E-state index is 0.0551. The summed E-state index contributed by atoms with van der Waals surface area (Å²) in [4.78, 5) is 12.4. The summed E-state index contributed by atoms with van der Waals surface area (Å²) in [6.07, 6.45) is -1.30. The smallest absolute Gasteiger partial charge is 0.312 e. The highest BCUT2D eigenvalue weighted by molar-refractivity contribution is 5.74. The molecule has 2 rings (SSSR count). The maximum atomic E-state index is 12.4. The van der Waals surface area contributed by atoms with E-state index in [0.717, 1.165) is 0 Å². The maximum absolute atomic E-state index is 12.4. The van der Waals surface area contributed by atoms with Crippen molar-refractivity contribution in [2.24, 2.45) is 11.7 Å². The molecule has 1 aromatic rings. The molecule has 1 aliphatic rings. The topological polar surface area (TPSA) is 64.8 Å². The Morgan fingerprint density at radius 3 is 2.53 bits per heavy atom. The van der Waals surface area contributed by atoms with Gasteiger partial charge in [0.2, 0.25) is 0 Å². The van der Waals surface area contributed by atoms with Gasteiger partial charge in [-0.15, -0.1) is 0 Å². The third kappa shape index (κ3) is 4.04. The van der Waals surface area contributed by atoms with Crippen molar-refractivity contribution < 1.29 is 21.1 Å². The highest BCUT2D eigenvalue weighted by atomic mass is 16.6. The molecule has 19 heavy (non-hydrogen) atoms. The van der Waals surface area contributed by atoms with Crippen molar-refractivity contribution >= 4 is 5.97 Å². The van der Waals surface area contributed by atoms with E-state index in [2.05, 4.69) is 0 Å². The molecule has 4 heteroatoms. The summed E-state index contributed by atoms with van der Waals surface area (Å²) in [6, 6.07) is -2.00. The van der Waals surface area contributed by atoms with Crippen LogP contribution in [0.15, 0.2) is 30.2 Å². The van der Waals surface area contributed by atoms with Crippen LogP contribution in [0.4, 0.5) is 0 Å². The monoisotopic (exact) mass is 268 g/mol. The Morgan fingerprint density at radius 2 is 2.05 bits per heavy atom. The predicted molar refractivity (Wildman–Crippen MR) is 72.3 cm³/mol. The van der Waals surface area contributed by atoms with Gasteiger partial charge in [0.05, 0.1) is 12.8 Å². The van der Waals surface area contributed by atoms with Gasteiger partial charge in [-0.25, -0.2) is 0 Å². The molecule has 1 aromatic carbocycles. The van der Waals surface area contributed by atoms with Gasteiger partial charge in [-0.1, -0.05) is 30.2 Å². The maximum Gasteiger partial charge on any atom is 0.312 e. The van der Waals surface area contributed by atoms with Gasteiger partial charge < -0.3 is 15.2 Å². The minimum Gasteiger partial charge on any atom is -0.460 e. The van der Waals surface area contributed by atoms with Crippen LogP contribution in [0.5, 0.6) is 0 Å². The summed E-state index contributed by atoms with van der Waals surface area (Å²) in [7, 11) is 0. The van der Waals surface area contributed by atoms with Crippen molar-refractivity contribution in [2.45, 2.75) is 45.1 Å². The van der Waals surface area contributed by atoms with Crippen LogP contribution in [0.25, 0.3) is 0 Å². The third-order valence-corrected chi connectivity index (χ3v) is 2.64. The van der Waals surface area contributed by atoms with Crippen molar-refractivity contribution in [3.8, 4) is 0 Å². The molecule has 0 aromatic heterocycles. The van der Waals surface area contributed by atoms with Crippen molar-refractivity contribution in [3.63, 3.8) is 0 Å². The van der Waals surface area contributed by atoms with E-state index in [1.165, 1.54) is 0 Å². The van der Waals surface area contributed by atoms with E-state index >= 15 is 0 Å². The number of rotatable bonds is 4. The summed E-state index contributed by atoms with van der Waals surface area (Å²) >= 11 is 0. The minimum atomic E-state index is -0.831. The van der Waals surface area contributed by atoms with Gasteiger partial charge >= 0.3 is 5.97 Å². The van der Waals surface area contributed by atoms with Gasteiger partial charge in [0, 0.05) is 0 Å². The van der Waals surface area contributed by atoms with E-state index in [4.69, 9.17) is 22.1 Å². The fourth-order valence-electron chi connectivity index (χ4n) is 1.77. The van der Waals surface area contributed by atoms with Crippen LogP contribution in [0, 0.1) is 5.92 Å². The molecule has 0 spiro atoms. The lowest BCUT2D eigenvalue weighted by Gasteiger charge is -2.23. The van der Waals surface area contributed by atoms with E-state index < -0.39 is 47.9 Å². The fraction of sp³-hybridized carbons (Fsp3) is 0.533. The molecule has 0 amide bonds. The van der Waals surface area contributed by atoms with Crippen LogP contribution in [-0.2, 0) is 20.7 Å². The largest absolute Gasteiger partial charge is 0.460 e. The molecule has 0 radical (unpaired) electrons. The molecule has 0 bridgehead atoms. The Labute approximate surface area is 120 Å². The molecule has 1 aliphatic heterocycles. The van der Waals surface area contributed by atoms with Gasteiger partial charge in [0.1, 0.15) is 17.9 Å². The summed E-state index contributed by atoms with van der Waals surface area (Å²) in [5, 5.41) is 0. The van der Waals surface area contributed by atoms with E-state index in [0.29, 0.717) is 0 Å². The van der Waals surface area contributed by atoms with Crippen LogP contribution in [0.3, 0.4) is 0 Å². The lowest BCUT2D eigenvalue weighted by molar-refractivity contribution is -0.160. The van der Waals surface area contributed by atoms with Gasteiger partial charge in [-0.2, -0.15) is 0 Å². The van der Waals surface area contributed by atoms with Crippen LogP contribution in [0.2, 0.25) is 0 Å². The zero-order valence-electron chi connectivity index (χ0n) is 16.2. The number of hydrogen-bond acceptors (Lipinski definition) is 4. The first kappa shape index (κ1) is 8.72. The average Bonchev–Trinajstić information content (AvgIpc) is 3.17. The molecule has 1 fully saturated rings. The number of hydrogen-bond donors (Lipinski definition) is 1. The Balaban J connectivity index is 2.36. The molecule has 2 N–H and O–H groups in total. The number of nitrogens with two attached hydrogens (primary N) is 1. The first-order valence-corrected chi connectivity index (χ1v) is 6.13. The van der Waals surface area contributed by atoms with E-state index in [1.54, 1.807) is 20.8 Å². The first-order valence-electron chi connectivity index (χ1n) is 8.63. The van der Waals surface area contributed by atoms with Crippen LogP contribution in [-0.4, -0.2) is 23.9 Å². The SMILES string of the molecule is [2H]c1c([2H])c([2H])c(C[C@H](C(=O)OC(C)(C)C)[C@@H]2OC2N)c([2H])c1[2H]. The summed E-state index contributed by atoms with van der Waals surface area (Å²) < 4.78 is 49.5. The predicted octanol–water partition coefficient (Wildman–Crippen LogP) is 1.87. The normalized spacial score (nSPS) is 27.5. The van der Waals surface area contributed by atoms with Gasteiger partial charge in [-0.3, -0.25) is 4.79 Å². The van der Waals surface area contributed by atoms with Crippen LogP contribution in [0.1, 0.15) is 33.2 Å². The number of epoxide rings is 1. The number of benzene rings is 1. The van der Waals surface area contributed by atoms with Gasteiger partial charge in [0.15, 0.2) is 0 Å². The summed E-state index contributed by atoms with van der Waals surface area (Å²) in [5.74, 6) is -1.39. The zero-order valence-corrected chi connectivity index (χ0v) is 11.2. The standard InChI is InChI=1S/C15H21NO3/c1-15(2,3)19-14(17)11(12-13(16)18-12)9-10-7-5-4-6-8-10/h4-8,11-13H,9,16H2,1-3H3/t11-,12-,13?/m0/s1/i4D,5D,6D,7D,8D. The fourth-order valence-corrected chi connectivity index (χ4v) is 1.77. The highest BCUT2D eigenvalue weighted by Crippen LogP contribution is 2.30. The second-order valence-corrected chi connectivity index (χ2v) is 5.51. The second kappa shape index (κ2) is 5.31. The van der Waals surface area contributed by atoms with E-state index in [-0.39, 0.29) is 24.1 Å². The zero-order chi connectivity index (χ0) is 18.4. The number of carbonyl (C=O) groups excluding carboxylic acids is 1. The van der Waals surface area contributed by atoms with Crippen molar-refractivity contribution in [3.05, 3.63) is 35.8 Å². The highest BCUT2D eigenvalue weighted by Gasteiger charge is 2.47. The lowest BCUT2D eigenvalue weighted by atomic mass is 9.95. The van der Waals surface area contributed by atoms with Crippen molar-refractivity contribution in [1.82, 2.24) is 0 Å². The first-order chi connectivity index (χ1) is 10.9. The summed E-state index contributed by atoms with van der Waals surface area (Å²) in [5.41, 5.74) is 5.00. The van der Waals surface area contributed by atoms with Gasteiger partial charge in [-0.05, 0) is 32.8 Å². The Morgan fingerprint density at radius 1 is 1.47 bits per heavy atom. The Kier molecular flexibility index (Phi) is 2.44. The average molecular weight is 268 g/mol. The molecule has 1 saturated heterocycles. The number of carbonyl (C=O) groups is 1. The third-order valence-electron chi connectivity index (χ3n) is 2.64. The van der Waals surface area contributed by atoms with E-state index in [1.807, 2.05) is 0 Å². The molecule has 0 aliphatic carbocycles. The molecular weight excluding hydrogens is 242 g/mol. The molecule has 3 atom stereocenters. The molecule has 104 valence electrons. The van der Waals surface area contributed by atoms with Crippen molar-refractivity contribution in [2.75, 3.05) is 0 Å². The molecule has 0 saturated carbocycles. The second-order valence-electron chi connectivity index (χ2n) is 5.51. The number of ether oxygens (including phenoxy) is 2. The molecule has 1 unspecified atom stereocenters.